The van der Waals surface area contributed by atoms with Gasteiger partial charge in [0.2, 0.25) is 0 Å². The molecule has 2 aromatic heterocycles. The Labute approximate surface area is 153 Å². The zero-order chi connectivity index (χ0) is 18.8. The molecule has 0 aliphatic carbocycles. The molecule has 2 amide bonds. The van der Waals surface area contributed by atoms with Crippen LogP contribution >= 0.6 is 11.6 Å². The molecule has 0 atom stereocenters. The Morgan fingerprint density at radius 3 is 2.62 bits per heavy atom. The third-order valence-electron chi connectivity index (χ3n) is 3.64. The van der Waals surface area contributed by atoms with Gasteiger partial charge in [-0.25, -0.2) is 4.79 Å². The minimum absolute atomic E-state index is 0.0204. The standard InChI is InChI=1S/C18H15ClN2O5/c1-21(2)17(23)15-6-4-12(25-15)9-20-16(22)13-8-10-7-11(19)3-5-14(10)26-18(13)24/h3-8H,9H2,1-2H3,(H,20,22). The van der Waals surface area contributed by atoms with E-state index >= 15 is 0 Å². The van der Waals surface area contributed by atoms with Crippen molar-refractivity contribution in [1.29, 1.82) is 0 Å². The van der Waals surface area contributed by atoms with Crippen molar-refractivity contribution in [3.63, 3.8) is 0 Å². The number of carbonyl (C=O) groups excluding carboxylic acids is 2. The highest BCUT2D eigenvalue weighted by Gasteiger charge is 2.16. The molecule has 134 valence electrons. The Hall–Kier alpha value is -3.06. The van der Waals surface area contributed by atoms with Gasteiger partial charge in [-0.3, -0.25) is 9.59 Å². The molecule has 0 aliphatic heterocycles. The lowest BCUT2D eigenvalue weighted by atomic mass is 10.2. The summed E-state index contributed by atoms with van der Waals surface area (Å²) in [7, 11) is 3.22. The molecule has 2 heterocycles. The van der Waals surface area contributed by atoms with Crippen molar-refractivity contribution < 1.29 is 18.4 Å². The van der Waals surface area contributed by atoms with Gasteiger partial charge in [-0.2, -0.15) is 0 Å². The fourth-order valence-electron chi connectivity index (χ4n) is 2.32. The summed E-state index contributed by atoms with van der Waals surface area (Å²) in [6.45, 7) is 0.0204. The van der Waals surface area contributed by atoms with Crippen molar-refractivity contribution in [3.05, 3.63) is 68.9 Å². The molecule has 0 bridgehead atoms. The number of carbonyl (C=O) groups is 2. The highest BCUT2D eigenvalue weighted by molar-refractivity contribution is 6.31. The van der Waals surface area contributed by atoms with Crippen molar-refractivity contribution in [2.45, 2.75) is 6.54 Å². The Morgan fingerprint density at radius 2 is 1.88 bits per heavy atom. The van der Waals surface area contributed by atoms with Crippen molar-refractivity contribution in [1.82, 2.24) is 10.2 Å². The van der Waals surface area contributed by atoms with Crippen LogP contribution in [-0.4, -0.2) is 30.8 Å². The molecule has 7 nitrogen and oxygen atoms in total. The Balaban J connectivity index is 1.76. The van der Waals surface area contributed by atoms with E-state index in [1.807, 2.05) is 0 Å². The average Bonchev–Trinajstić information content (AvgIpc) is 3.07. The molecule has 0 fully saturated rings. The smallest absolute Gasteiger partial charge is 0.349 e. The van der Waals surface area contributed by atoms with Gasteiger partial charge >= 0.3 is 5.63 Å². The number of hydrogen-bond donors (Lipinski definition) is 1. The summed E-state index contributed by atoms with van der Waals surface area (Å²) >= 11 is 5.92. The molecule has 0 saturated heterocycles. The lowest BCUT2D eigenvalue weighted by molar-refractivity contribution is 0.0794. The molecule has 0 aliphatic rings. The molecule has 0 saturated carbocycles. The maximum atomic E-state index is 12.3. The molecular formula is C18H15ClN2O5. The number of nitrogens with zero attached hydrogens (tertiary/aromatic N) is 1. The summed E-state index contributed by atoms with van der Waals surface area (Å²) < 4.78 is 10.5. The first-order valence-electron chi connectivity index (χ1n) is 7.67. The van der Waals surface area contributed by atoms with Gasteiger partial charge in [-0.1, -0.05) is 11.6 Å². The molecule has 8 heteroatoms. The zero-order valence-corrected chi connectivity index (χ0v) is 14.8. The summed E-state index contributed by atoms with van der Waals surface area (Å²) in [5.74, 6) is -0.344. The molecule has 0 radical (unpaired) electrons. The maximum Gasteiger partial charge on any atom is 0.349 e. The van der Waals surface area contributed by atoms with E-state index in [0.29, 0.717) is 21.8 Å². The first kappa shape index (κ1) is 17.8. The lowest BCUT2D eigenvalue weighted by Gasteiger charge is -2.07. The fourth-order valence-corrected chi connectivity index (χ4v) is 2.50. The quantitative estimate of drug-likeness (QED) is 0.709. The van der Waals surface area contributed by atoms with Crippen LogP contribution in [0.1, 0.15) is 26.7 Å². The molecule has 1 aromatic carbocycles. The number of halogens is 1. The van der Waals surface area contributed by atoms with E-state index < -0.39 is 11.5 Å². The summed E-state index contributed by atoms with van der Waals surface area (Å²) in [4.78, 5) is 37.5. The second-order valence-corrected chi connectivity index (χ2v) is 6.21. The molecule has 26 heavy (non-hydrogen) atoms. The van der Waals surface area contributed by atoms with E-state index in [1.165, 1.54) is 17.0 Å². The lowest BCUT2D eigenvalue weighted by Crippen LogP contribution is -2.27. The summed E-state index contributed by atoms with van der Waals surface area (Å²) in [6, 6.07) is 9.28. The van der Waals surface area contributed by atoms with Gasteiger partial charge in [0.1, 0.15) is 16.9 Å². The number of benzene rings is 1. The Morgan fingerprint density at radius 1 is 1.12 bits per heavy atom. The molecule has 3 rings (SSSR count). The maximum absolute atomic E-state index is 12.3. The number of fused-ring (bicyclic) bond motifs is 1. The highest BCUT2D eigenvalue weighted by Crippen LogP contribution is 2.19. The topological polar surface area (TPSA) is 92.8 Å². The van der Waals surface area contributed by atoms with Crippen LogP contribution in [0.2, 0.25) is 5.02 Å². The summed E-state index contributed by atoms with van der Waals surface area (Å²) in [5, 5.41) is 3.57. The van der Waals surface area contributed by atoms with Crippen LogP contribution in [0.3, 0.4) is 0 Å². The predicted molar refractivity (Wildman–Crippen MR) is 95.4 cm³/mol. The van der Waals surface area contributed by atoms with Crippen LogP contribution in [0.5, 0.6) is 0 Å². The van der Waals surface area contributed by atoms with Crippen LogP contribution in [0.25, 0.3) is 11.0 Å². The van der Waals surface area contributed by atoms with Crippen LogP contribution in [0, 0.1) is 0 Å². The second-order valence-electron chi connectivity index (χ2n) is 5.78. The number of hydrogen-bond acceptors (Lipinski definition) is 5. The number of rotatable bonds is 4. The van der Waals surface area contributed by atoms with Crippen molar-refractivity contribution in [3.8, 4) is 0 Å². The summed E-state index contributed by atoms with van der Waals surface area (Å²) in [5.41, 5.74) is -0.551. The molecule has 1 N–H and O–H groups in total. The van der Waals surface area contributed by atoms with Crippen LogP contribution in [-0.2, 0) is 6.54 Å². The fraction of sp³-hybridized carbons (Fsp3) is 0.167. The number of amides is 2. The van der Waals surface area contributed by atoms with E-state index in [2.05, 4.69) is 5.32 Å². The first-order chi connectivity index (χ1) is 12.3. The van der Waals surface area contributed by atoms with Crippen molar-refractivity contribution in [2.75, 3.05) is 14.1 Å². The van der Waals surface area contributed by atoms with Gasteiger partial charge in [-0.05, 0) is 36.4 Å². The van der Waals surface area contributed by atoms with E-state index in [4.69, 9.17) is 20.4 Å². The Kier molecular flexibility index (Phi) is 4.81. The zero-order valence-electron chi connectivity index (χ0n) is 14.0. The molecular weight excluding hydrogens is 360 g/mol. The minimum Gasteiger partial charge on any atom is -0.454 e. The van der Waals surface area contributed by atoms with E-state index in [1.54, 1.807) is 38.4 Å². The second kappa shape index (κ2) is 7.05. The van der Waals surface area contributed by atoms with E-state index in [0.717, 1.165) is 0 Å². The third kappa shape index (κ3) is 3.62. The van der Waals surface area contributed by atoms with Crippen molar-refractivity contribution in [2.24, 2.45) is 0 Å². The SMILES string of the molecule is CN(C)C(=O)c1ccc(CNC(=O)c2cc3cc(Cl)ccc3oc2=O)o1. The largest absolute Gasteiger partial charge is 0.454 e. The van der Waals surface area contributed by atoms with E-state index in [-0.39, 0.29) is 23.8 Å². The normalized spacial score (nSPS) is 10.7. The van der Waals surface area contributed by atoms with Crippen LogP contribution in [0.15, 0.2) is 50.0 Å². The predicted octanol–water partition coefficient (Wildman–Crippen LogP) is 2.67. The van der Waals surface area contributed by atoms with Gasteiger partial charge in [0.15, 0.2) is 5.76 Å². The van der Waals surface area contributed by atoms with Crippen molar-refractivity contribution >= 4 is 34.4 Å². The van der Waals surface area contributed by atoms with E-state index in [9.17, 15) is 14.4 Å². The number of furan rings is 1. The van der Waals surface area contributed by atoms with Crippen LogP contribution in [0.4, 0.5) is 0 Å². The number of nitrogens with one attached hydrogen (secondary N) is 1. The van der Waals surface area contributed by atoms with Crippen LogP contribution < -0.4 is 10.9 Å². The molecule has 0 unspecified atom stereocenters. The van der Waals surface area contributed by atoms with Gasteiger partial charge in [-0.15, -0.1) is 0 Å². The molecule has 0 spiro atoms. The average molecular weight is 375 g/mol. The third-order valence-corrected chi connectivity index (χ3v) is 3.88. The van der Waals surface area contributed by atoms with Gasteiger partial charge in [0.05, 0.1) is 6.54 Å². The monoisotopic (exact) mass is 374 g/mol. The molecule has 3 aromatic rings. The first-order valence-corrected chi connectivity index (χ1v) is 8.05. The Bertz CT molecular complexity index is 1050. The highest BCUT2D eigenvalue weighted by atomic mass is 35.5. The van der Waals surface area contributed by atoms with Gasteiger partial charge in [0, 0.05) is 24.5 Å². The summed E-state index contributed by atoms with van der Waals surface area (Å²) in [6.07, 6.45) is 0. The van der Waals surface area contributed by atoms with Gasteiger partial charge in [0.25, 0.3) is 11.8 Å². The minimum atomic E-state index is -0.750. The van der Waals surface area contributed by atoms with Gasteiger partial charge < -0.3 is 19.1 Å².